The molecule has 1 nitrogen and oxygen atoms in total. The lowest BCUT2D eigenvalue weighted by Gasteiger charge is -2.10. The summed E-state index contributed by atoms with van der Waals surface area (Å²) < 4.78 is 0. The van der Waals surface area contributed by atoms with Crippen LogP contribution in [0.2, 0.25) is 5.15 Å². The molecule has 0 bridgehead atoms. The van der Waals surface area contributed by atoms with Gasteiger partial charge in [-0.15, -0.1) is 0 Å². The summed E-state index contributed by atoms with van der Waals surface area (Å²) in [7, 11) is 0. The molecule has 1 rings (SSSR count). The molecule has 0 atom stereocenters. The minimum absolute atomic E-state index is 0. The second kappa shape index (κ2) is 5.35. The first-order chi connectivity index (χ1) is 6.00. The van der Waals surface area contributed by atoms with E-state index in [2.05, 4.69) is 38.7 Å². The van der Waals surface area contributed by atoms with E-state index in [1.54, 1.807) is 0 Å². The molecule has 0 spiro atoms. The van der Waals surface area contributed by atoms with Crippen molar-refractivity contribution in [1.82, 2.24) is 4.98 Å². The maximum atomic E-state index is 5.93. The molecular weight excluding hydrogens is 194 g/mol. The maximum absolute atomic E-state index is 5.93. The summed E-state index contributed by atoms with van der Waals surface area (Å²) >= 11 is 5.93. The predicted molar refractivity (Wildman–Crippen MR) is 64.2 cm³/mol. The molecule has 0 saturated heterocycles. The second-order valence-electron chi connectivity index (χ2n) is 3.96. The zero-order valence-electron chi connectivity index (χ0n) is 8.63. The van der Waals surface area contributed by atoms with Crippen molar-refractivity contribution in [2.75, 3.05) is 0 Å². The lowest BCUT2D eigenvalue weighted by molar-refractivity contribution is 0.800. The van der Waals surface area contributed by atoms with Gasteiger partial charge in [-0.3, -0.25) is 0 Å². The van der Waals surface area contributed by atoms with Gasteiger partial charge in [-0.05, 0) is 29.5 Å². The van der Waals surface area contributed by atoms with Crippen molar-refractivity contribution in [3.63, 3.8) is 0 Å². The van der Waals surface area contributed by atoms with Crippen LogP contribution in [-0.4, -0.2) is 4.98 Å². The van der Waals surface area contributed by atoms with E-state index in [0.29, 0.717) is 17.0 Å². The van der Waals surface area contributed by atoms with Crippen LogP contribution < -0.4 is 0 Å². The van der Waals surface area contributed by atoms with Gasteiger partial charge in [0.1, 0.15) is 5.15 Å². The number of hydrogen-bond acceptors (Lipinski definition) is 1. The fourth-order valence-corrected chi connectivity index (χ4v) is 1.39. The van der Waals surface area contributed by atoms with Crippen LogP contribution in [-0.2, 0) is 0 Å². The first-order valence-corrected chi connectivity index (χ1v) is 5.06. The zero-order chi connectivity index (χ0) is 10.0. The van der Waals surface area contributed by atoms with Gasteiger partial charge in [0.05, 0.1) is 0 Å². The standard InChI is InChI=1S/C11H16ClN.CH4/c1-7(2)9-5-10(8(3)4)13-11(12)6-9;/h5-8H,1-4H3;1H4. The van der Waals surface area contributed by atoms with E-state index in [0.717, 1.165) is 5.69 Å². The highest BCUT2D eigenvalue weighted by atomic mass is 35.5. The molecule has 0 aliphatic carbocycles. The van der Waals surface area contributed by atoms with E-state index in [4.69, 9.17) is 11.6 Å². The molecule has 0 unspecified atom stereocenters. The van der Waals surface area contributed by atoms with Gasteiger partial charge in [0, 0.05) is 5.69 Å². The van der Waals surface area contributed by atoms with E-state index < -0.39 is 0 Å². The Morgan fingerprint density at radius 2 is 1.64 bits per heavy atom. The molecular formula is C12H20ClN. The lowest BCUT2D eigenvalue weighted by atomic mass is 10.0. The topological polar surface area (TPSA) is 12.9 Å². The summed E-state index contributed by atoms with van der Waals surface area (Å²) in [4.78, 5) is 4.28. The fraction of sp³-hybridized carbons (Fsp3) is 0.583. The van der Waals surface area contributed by atoms with Crippen LogP contribution in [0, 0.1) is 0 Å². The maximum Gasteiger partial charge on any atom is 0.129 e. The Morgan fingerprint density at radius 3 is 2.07 bits per heavy atom. The van der Waals surface area contributed by atoms with Crippen molar-refractivity contribution in [2.24, 2.45) is 0 Å². The van der Waals surface area contributed by atoms with Gasteiger partial charge in [-0.2, -0.15) is 0 Å². The van der Waals surface area contributed by atoms with Crippen molar-refractivity contribution in [3.8, 4) is 0 Å². The smallest absolute Gasteiger partial charge is 0.129 e. The summed E-state index contributed by atoms with van der Waals surface area (Å²) in [6.07, 6.45) is 0. The largest absolute Gasteiger partial charge is 0.241 e. The molecule has 80 valence electrons. The van der Waals surface area contributed by atoms with Crippen LogP contribution >= 0.6 is 11.6 Å². The van der Waals surface area contributed by atoms with E-state index >= 15 is 0 Å². The minimum Gasteiger partial charge on any atom is -0.241 e. The molecule has 0 aromatic carbocycles. The Balaban J connectivity index is 0.00000169. The van der Waals surface area contributed by atoms with Crippen LogP contribution in [0.3, 0.4) is 0 Å². The molecule has 0 amide bonds. The highest BCUT2D eigenvalue weighted by molar-refractivity contribution is 6.29. The van der Waals surface area contributed by atoms with Gasteiger partial charge in [0.25, 0.3) is 0 Å². The summed E-state index contributed by atoms with van der Waals surface area (Å²) in [5.41, 5.74) is 2.35. The van der Waals surface area contributed by atoms with E-state index in [-0.39, 0.29) is 7.43 Å². The van der Waals surface area contributed by atoms with Crippen LogP contribution in [0.15, 0.2) is 12.1 Å². The van der Waals surface area contributed by atoms with Gasteiger partial charge in [0.15, 0.2) is 0 Å². The molecule has 0 aliphatic heterocycles. The molecule has 14 heavy (non-hydrogen) atoms. The third-order valence-corrected chi connectivity index (χ3v) is 2.29. The Bertz CT molecular complexity index is 266. The van der Waals surface area contributed by atoms with Crippen molar-refractivity contribution >= 4 is 11.6 Å². The summed E-state index contributed by atoms with van der Waals surface area (Å²) in [6, 6.07) is 4.08. The number of halogens is 1. The lowest BCUT2D eigenvalue weighted by Crippen LogP contribution is -1.97. The Labute approximate surface area is 92.5 Å². The second-order valence-corrected chi connectivity index (χ2v) is 4.34. The number of hydrogen-bond donors (Lipinski definition) is 0. The molecule has 0 radical (unpaired) electrons. The molecule has 2 heteroatoms. The van der Waals surface area contributed by atoms with Crippen molar-refractivity contribution in [1.29, 1.82) is 0 Å². The molecule has 0 aliphatic rings. The molecule has 0 saturated carbocycles. The van der Waals surface area contributed by atoms with E-state index in [9.17, 15) is 0 Å². The monoisotopic (exact) mass is 213 g/mol. The van der Waals surface area contributed by atoms with E-state index in [1.807, 2.05) is 6.07 Å². The number of pyridine rings is 1. The summed E-state index contributed by atoms with van der Waals surface area (Å²) in [6.45, 7) is 8.58. The van der Waals surface area contributed by atoms with E-state index in [1.165, 1.54) is 5.56 Å². The zero-order valence-corrected chi connectivity index (χ0v) is 9.39. The Kier molecular flexibility index (Phi) is 5.14. The fourth-order valence-electron chi connectivity index (χ4n) is 1.17. The van der Waals surface area contributed by atoms with Gasteiger partial charge in [-0.1, -0.05) is 46.7 Å². The Hall–Kier alpha value is -0.560. The molecule has 0 N–H and O–H groups in total. The summed E-state index contributed by atoms with van der Waals surface area (Å²) in [5.74, 6) is 0.953. The van der Waals surface area contributed by atoms with Crippen molar-refractivity contribution in [3.05, 3.63) is 28.5 Å². The third-order valence-electron chi connectivity index (χ3n) is 2.09. The predicted octanol–water partition coefficient (Wildman–Crippen LogP) is 4.62. The Morgan fingerprint density at radius 1 is 1.07 bits per heavy atom. The summed E-state index contributed by atoms with van der Waals surface area (Å²) in [5, 5.41) is 0.606. The van der Waals surface area contributed by atoms with Crippen molar-refractivity contribution < 1.29 is 0 Å². The quantitative estimate of drug-likeness (QED) is 0.654. The number of nitrogens with zero attached hydrogens (tertiary/aromatic N) is 1. The van der Waals surface area contributed by atoms with Crippen LogP contribution in [0.5, 0.6) is 0 Å². The highest BCUT2D eigenvalue weighted by Crippen LogP contribution is 2.22. The van der Waals surface area contributed by atoms with Gasteiger partial charge in [0.2, 0.25) is 0 Å². The normalized spacial score (nSPS) is 10.5. The molecule has 1 aromatic rings. The van der Waals surface area contributed by atoms with Crippen LogP contribution in [0.25, 0.3) is 0 Å². The minimum atomic E-state index is 0. The molecule has 1 heterocycles. The molecule has 0 fully saturated rings. The van der Waals surface area contributed by atoms with Gasteiger partial charge >= 0.3 is 0 Å². The van der Waals surface area contributed by atoms with Gasteiger partial charge < -0.3 is 0 Å². The first kappa shape index (κ1) is 13.4. The number of rotatable bonds is 2. The first-order valence-electron chi connectivity index (χ1n) is 4.68. The molecule has 1 aromatic heterocycles. The van der Waals surface area contributed by atoms with Crippen LogP contribution in [0.1, 0.15) is 58.2 Å². The highest BCUT2D eigenvalue weighted by Gasteiger charge is 2.06. The third kappa shape index (κ3) is 3.30. The van der Waals surface area contributed by atoms with Crippen molar-refractivity contribution in [2.45, 2.75) is 47.0 Å². The van der Waals surface area contributed by atoms with Gasteiger partial charge in [-0.25, -0.2) is 4.98 Å². The van der Waals surface area contributed by atoms with Crippen LogP contribution in [0.4, 0.5) is 0 Å². The SMILES string of the molecule is C.CC(C)c1cc(Cl)nc(C(C)C)c1. The average molecular weight is 214 g/mol. The average Bonchev–Trinajstić information content (AvgIpc) is 2.03. The number of aromatic nitrogens is 1.